The van der Waals surface area contributed by atoms with Crippen LogP contribution in [0.2, 0.25) is 0 Å². The number of methoxy groups -OCH3 is 1. The van der Waals surface area contributed by atoms with Gasteiger partial charge >= 0.3 is 5.97 Å². The van der Waals surface area contributed by atoms with Crippen molar-refractivity contribution >= 4 is 12.0 Å². The maximum atomic E-state index is 10.5. The quantitative estimate of drug-likeness (QED) is 0.826. The van der Waals surface area contributed by atoms with Gasteiger partial charge in [0.15, 0.2) is 11.5 Å². The van der Waals surface area contributed by atoms with Crippen molar-refractivity contribution in [3.8, 4) is 11.5 Å². The molecular weight excluding hydrogens is 270 g/mol. The summed E-state index contributed by atoms with van der Waals surface area (Å²) < 4.78 is 11.0. The number of carbonyl (C=O) groups is 1. The van der Waals surface area contributed by atoms with Crippen molar-refractivity contribution in [2.75, 3.05) is 7.11 Å². The van der Waals surface area contributed by atoms with Crippen molar-refractivity contribution in [1.82, 2.24) is 4.98 Å². The van der Waals surface area contributed by atoms with E-state index in [9.17, 15) is 4.79 Å². The molecule has 0 atom stereocenters. The van der Waals surface area contributed by atoms with Gasteiger partial charge in [-0.3, -0.25) is 4.98 Å². The highest BCUT2D eigenvalue weighted by Crippen LogP contribution is 2.29. The van der Waals surface area contributed by atoms with Gasteiger partial charge in [-0.25, -0.2) is 4.79 Å². The number of carboxylic acids is 1. The van der Waals surface area contributed by atoms with Crippen LogP contribution in [-0.4, -0.2) is 23.2 Å². The summed E-state index contributed by atoms with van der Waals surface area (Å²) in [6, 6.07) is 8.99. The second-order valence-corrected chi connectivity index (χ2v) is 4.23. The monoisotopic (exact) mass is 285 g/mol. The van der Waals surface area contributed by atoms with Crippen LogP contribution >= 0.6 is 0 Å². The van der Waals surface area contributed by atoms with Crippen LogP contribution in [0.5, 0.6) is 11.5 Å². The Kier molecular flexibility index (Phi) is 4.93. The molecule has 0 saturated heterocycles. The number of ether oxygens (including phenoxy) is 2. The molecule has 5 nitrogen and oxygen atoms in total. The molecule has 0 unspecified atom stereocenters. The van der Waals surface area contributed by atoms with E-state index < -0.39 is 5.97 Å². The SMILES string of the molecule is COc1cc(C=CC(=O)O)ccc1OCc1ccncc1. The normalized spacial score (nSPS) is 10.5. The van der Waals surface area contributed by atoms with Gasteiger partial charge in [0.05, 0.1) is 7.11 Å². The molecule has 0 bridgehead atoms. The van der Waals surface area contributed by atoms with Gasteiger partial charge in [-0.15, -0.1) is 0 Å². The number of benzene rings is 1. The number of aromatic nitrogens is 1. The molecule has 0 saturated carbocycles. The van der Waals surface area contributed by atoms with Gasteiger partial charge in [0.2, 0.25) is 0 Å². The number of nitrogens with zero attached hydrogens (tertiary/aromatic N) is 1. The van der Waals surface area contributed by atoms with Crippen LogP contribution in [-0.2, 0) is 11.4 Å². The van der Waals surface area contributed by atoms with Crippen LogP contribution in [0.1, 0.15) is 11.1 Å². The van der Waals surface area contributed by atoms with Gasteiger partial charge in [-0.2, -0.15) is 0 Å². The Morgan fingerprint density at radius 1 is 1.24 bits per heavy atom. The number of carboxylic acid groups (broad SMARTS) is 1. The van der Waals surface area contributed by atoms with E-state index in [4.69, 9.17) is 14.6 Å². The summed E-state index contributed by atoms with van der Waals surface area (Å²) in [7, 11) is 1.54. The molecule has 2 aromatic rings. The molecule has 5 heteroatoms. The smallest absolute Gasteiger partial charge is 0.328 e. The number of hydrogen-bond acceptors (Lipinski definition) is 4. The van der Waals surface area contributed by atoms with E-state index in [1.54, 1.807) is 37.7 Å². The first kappa shape index (κ1) is 14.6. The van der Waals surface area contributed by atoms with E-state index in [1.807, 2.05) is 12.1 Å². The second kappa shape index (κ2) is 7.09. The highest BCUT2D eigenvalue weighted by atomic mass is 16.5. The molecule has 1 N–H and O–H groups in total. The maximum Gasteiger partial charge on any atom is 0.328 e. The van der Waals surface area contributed by atoms with E-state index in [0.717, 1.165) is 17.2 Å². The maximum absolute atomic E-state index is 10.5. The molecular formula is C16H15NO4. The lowest BCUT2D eigenvalue weighted by atomic mass is 10.2. The Morgan fingerprint density at radius 2 is 2.00 bits per heavy atom. The lowest BCUT2D eigenvalue weighted by Gasteiger charge is -2.11. The zero-order valence-electron chi connectivity index (χ0n) is 11.5. The van der Waals surface area contributed by atoms with E-state index >= 15 is 0 Å². The minimum Gasteiger partial charge on any atom is -0.493 e. The first-order valence-corrected chi connectivity index (χ1v) is 6.30. The third-order valence-corrected chi connectivity index (χ3v) is 2.75. The van der Waals surface area contributed by atoms with Gasteiger partial charge in [-0.1, -0.05) is 6.07 Å². The Labute approximate surface area is 122 Å². The first-order valence-electron chi connectivity index (χ1n) is 6.30. The van der Waals surface area contributed by atoms with Crippen LogP contribution < -0.4 is 9.47 Å². The molecule has 0 radical (unpaired) electrons. The van der Waals surface area contributed by atoms with Crippen molar-refractivity contribution in [2.45, 2.75) is 6.61 Å². The predicted octanol–water partition coefficient (Wildman–Crippen LogP) is 2.77. The van der Waals surface area contributed by atoms with Gasteiger partial charge in [-0.05, 0) is 41.5 Å². The van der Waals surface area contributed by atoms with Gasteiger partial charge < -0.3 is 14.6 Å². The molecule has 0 fully saturated rings. The molecule has 1 aromatic heterocycles. The fourth-order valence-electron chi connectivity index (χ4n) is 1.71. The number of rotatable bonds is 6. The molecule has 0 aliphatic rings. The Balaban J connectivity index is 2.11. The Hall–Kier alpha value is -2.82. The van der Waals surface area contributed by atoms with Crippen LogP contribution in [0.4, 0.5) is 0 Å². The summed E-state index contributed by atoms with van der Waals surface area (Å²) in [6.45, 7) is 0.406. The predicted molar refractivity (Wildman–Crippen MR) is 78.2 cm³/mol. The Bertz CT molecular complexity index is 638. The standard InChI is InChI=1S/C16H15NO4/c1-20-15-10-12(3-5-16(18)19)2-4-14(15)21-11-13-6-8-17-9-7-13/h2-10H,11H2,1H3,(H,18,19). The minimum absolute atomic E-state index is 0.406. The molecule has 0 aliphatic carbocycles. The summed E-state index contributed by atoms with van der Waals surface area (Å²) in [5.74, 6) is 0.158. The van der Waals surface area contributed by atoms with Gasteiger partial charge in [0, 0.05) is 18.5 Å². The lowest BCUT2D eigenvalue weighted by Crippen LogP contribution is -1.98. The third kappa shape index (κ3) is 4.35. The number of hydrogen-bond donors (Lipinski definition) is 1. The van der Waals surface area contributed by atoms with Crippen LogP contribution in [0.3, 0.4) is 0 Å². The van der Waals surface area contributed by atoms with E-state index in [0.29, 0.717) is 18.1 Å². The fraction of sp³-hybridized carbons (Fsp3) is 0.125. The average molecular weight is 285 g/mol. The zero-order valence-corrected chi connectivity index (χ0v) is 11.5. The summed E-state index contributed by atoms with van der Waals surface area (Å²) in [4.78, 5) is 14.5. The minimum atomic E-state index is -0.994. The summed E-state index contributed by atoms with van der Waals surface area (Å²) in [6.07, 6.45) is 5.98. The third-order valence-electron chi connectivity index (χ3n) is 2.75. The average Bonchev–Trinajstić information content (AvgIpc) is 2.52. The largest absolute Gasteiger partial charge is 0.493 e. The van der Waals surface area contributed by atoms with Gasteiger partial charge in [0.25, 0.3) is 0 Å². The molecule has 1 heterocycles. The summed E-state index contributed by atoms with van der Waals surface area (Å²) in [5, 5.41) is 8.62. The van der Waals surface area contributed by atoms with Gasteiger partial charge in [0.1, 0.15) is 6.61 Å². The highest BCUT2D eigenvalue weighted by Gasteiger charge is 2.05. The van der Waals surface area contributed by atoms with Crippen molar-refractivity contribution < 1.29 is 19.4 Å². The van der Waals surface area contributed by atoms with Crippen LogP contribution in [0.25, 0.3) is 6.08 Å². The number of aliphatic carboxylic acids is 1. The van der Waals surface area contributed by atoms with E-state index in [2.05, 4.69) is 4.98 Å². The van der Waals surface area contributed by atoms with Crippen molar-refractivity contribution in [1.29, 1.82) is 0 Å². The van der Waals surface area contributed by atoms with Crippen LogP contribution in [0, 0.1) is 0 Å². The molecule has 0 aliphatic heterocycles. The molecule has 1 aromatic carbocycles. The number of pyridine rings is 1. The first-order chi connectivity index (χ1) is 10.2. The second-order valence-electron chi connectivity index (χ2n) is 4.23. The van der Waals surface area contributed by atoms with E-state index in [1.165, 1.54) is 6.08 Å². The van der Waals surface area contributed by atoms with Crippen molar-refractivity contribution in [3.63, 3.8) is 0 Å². The molecule has 0 amide bonds. The molecule has 21 heavy (non-hydrogen) atoms. The summed E-state index contributed by atoms with van der Waals surface area (Å²) in [5.41, 5.74) is 1.73. The molecule has 0 spiro atoms. The Morgan fingerprint density at radius 3 is 2.67 bits per heavy atom. The zero-order chi connectivity index (χ0) is 15.1. The van der Waals surface area contributed by atoms with Crippen molar-refractivity contribution in [3.05, 3.63) is 59.9 Å². The highest BCUT2D eigenvalue weighted by molar-refractivity contribution is 5.85. The topological polar surface area (TPSA) is 68.7 Å². The fourth-order valence-corrected chi connectivity index (χ4v) is 1.71. The molecule has 108 valence electrons. The summed E-state index contributed by atoms with van der Waals surface area (Å²) >= 11 is 0. The van der Waals surface area contributed by atoms with Crippen LogP contribution in [0.15, 0.2) is 48.8 Å². The van der Waals surface area contributed by atoms with E-state index in [-0.39, 0.29) is 0 Å². The van der Waals surface area contributed by atoms with Crippen molar-refractivity contribution in [2.24, 2.45) is 0 Å². The lowest BCUT2D eigenvalue weighted by molar-refractivity contribution is -0.131. The molecule has 2 rings (SSSR count).